The van der Waals surface area contributed by atoms with Gasteiger partial charge in [-0.25, -0.2) is 5.84 Å². The fourth-order valence-corrected chi connectivity index (χ4v) is 2.62. The Morgan fingerprint density at radius 3 is 2.54 bits per heavy atom. The summed E-state index contributed by atoms with van der Waals surface area (Å²) in [5, 5.41) is 2.81. The number of hydrogen-bond acceptors (Lipinski definition) is 4. The fraction of sp³-hybridized carbons (Fsp3) is 0.176. The maximum atomic E-state index is 12.0. The van der Waals surface area contributed by atoms with Gasteiger partial charge in [0.2, 0.25) is 0 Å². The zero-order valence-corrected chi connectivity index (χ0v) is 14.9. The van der Waals surface area contributed by atoms with Crippen molar-refractivity contribution in [1.82, 2.24) is 5.43 Å². The average molecular weight is 392 g/mol. The summed E-state index contributed by atoms with van der Waals surface area (Å²) in [6, 6.07) is 10.5. The van der Waals surface area contributed by atoms with Crippen molar-refractivity contribution in [3.05, 3.63) is 57.6 Å². The van der Waals surface area contributed by atoms with Crippen molar-refractivity contribution < 1.29 is 14.3 Å². The minimum Gasteiger partial charge on any atom is -0.483 e. The quantitative estimate of drug-likeness (QED) is 0.414. The predicted octanol–water partition coefficient (Wildman–Crippen LogP) is 2.69. The van der Waals surface area contributed by atoms with Gasteiger partial charge in [-0.05, 0) is 59.6 Å². The largest absolute Gasteiger partial charge is 0.483 e. The van der Waals surface area contributed by atoms with Crippen molar-refractivity contribution in [3.63, 3.8) is 0 Å². The maximum absolute atomic E-state index is 12.0. The molecule has 0 fully saturated rings. The number of amides is 2. The molecule has 0 unspecified atom stereocenters. The average Bonchev–Trinajstić information content (AvgIpc) is 2.55. The number of rotatable bonds is 5. The Balaban J connectivity index is 1.97. The van der Waals surface area contributed by atoms with E-state index in [2.05, 4.69) is 21.2 Å². The number of carbonyl (C=O) groups excluding carboxylic acids is 2. The second-order valence-corrected chi connectivity index (χ2v) is 6.13. The monoisotopic (exact) mass is 391 g/mol. The number of carbonyl (C=O) groups is 2. The Hall–Kier alpha value is -2.38. The third kappa shape index (κ3) is 4.56. The highest BCUT2D eigenvalue weighted by Crippen LogP contribution is 2.26. The highest BCUT2D eigenvalue weighted by Gasteiger charge is 2.10. The van der Waals surface area contributed by atoms with Gasteiger partial charge in [-0.15, -0.1) is 0 Å². The molecule has 0 spiro atoms. The Morgan fingerprint density at radius 1 is 1.17 bits per heavy atom. The van der Waals surface area contributed by atoms with E-state index in [4.69, 9.17) is 10.6 Å². The van der Waals surface area contributed by atoms with Gasteiger partial charge >= 0.3 is 0 Å². The minimum absolute atomic E-state index is 0.144. The van der Waals surface area contributed by atoms with Gasteiger partial charge < -0.3 is 10.1 Å². The molecule has 126 valence electrons. The van der Waals surface area contributed by atoms with E-state index in [-0.39, 0.29) is 12.5 Å². The molecule has 2 aromatic rings. The van der Waals surface area contributed by atoms with Crippen molar-refractivity contribution >= 4 is 33.4 Å². The van der Waals surface area contributed by atoms with Crippen LogP contribution in [0.15, 0.2) is 40.9 Å². The van der Waals surface area contributed by atoms with Gasteiger partial charge in [-0.1, -0.05) is 17.7 Å². The zero-order valence-electron chi connectivity index (χ0n) is 13.4. The smallest absolute Gasteiger partial charge is 0.265 e. The molecule has 2 rings (SSSR count). The molecule has 7 heteroatoms. The number of benzene rings is 2. The zero-order chi connectivity index (χ0) is 17.7. The van der Waals surface area contributed by atoms with E-state index in [1.807, 2.05) is 37.5 Å². The van der Waals surface area contributed by atoms with Crippen molar-refractivity contribution in [2.75, 3.05) is 11.9 Å². The molecule has 2 aromatic carbocycles. The number of nitrogen functional groups attached to an aromatic ring is 1. The van der Waals surface area contributed by atoms with E-state index >= 15 is 0 Å². The molecule has 0 bridgehead atoms. The first-order chi connectivity index (χ1) is 11.4. The lowest BCUT2D eigenvalue weighted by molar-refractivity contribution is -0.118. The summed E-state index contributed by atoms with van der Waals surface area (Å²) in [5.74, 6) is 4.87. The Kier molecular flexibility index (Phi) is 5.94. The van der Waals surface area contributed by atoms with Crippen LogP contribution < -0.4 is 21.3 Å². The number of hydrogen-bond donors (Lipinski definition) is 3. The highest BCUT2D eigenvalue weighted by atomic mass is 79.9. The molecule has 0 radical (unpaired) electrons. The molecule has 0 heterocycles. The van der Waals surface area contributed by atoms with E-state index in [0.717, 1.165) is 16.8 Å². The van der Waals surface area contributed by atoms with Gasteiger partial charge in [-0.2, -0.15) is 0 Å². The predicted molar refractivity (Wildman–Crippen MR) is 95.8 cm³/mol. The van der Waals surface area contributed by atoms with Gasteiger partial charge in [0.25, 0.3) is 11.8 Å². The lowest BCUT2D eigenvalue weighted by Crippen LogP contribution is -2.29. The van der Waals surface area contributed by atoms with E-state index in [1.165, 1.54) is 0 Å². The standard InChI is InChI=1S/C17H18BrN3O3/c1-10-3-5-14(11(2)7-10)20-16(22)9-24-15-6-4-12(8-13(15)18)17(23)21-19/h3-8H,9,19H2,1-2H3,(H,20,22)(H,21,23). The first-order valence-electron chi connectivity index (χ1n) is 7.21. The summed E-state index contributed by atoms with van der Waals surface area (Å²) in [4.78, 5) is 23.5. The molecular formula is C17H18BrN3O3. The van der Waals surface area contributed by atoms with Crippen LogP contribution in [-0.2, 0) is 4.79 Å². The van der Waals surface area contributed by atoms with Crippen LogP contribution in [0.4, 0.5) is 5.69 Å². The molecule has 0 atom stereocenters. The van der Waals surface area contributed by atoms with E-state index in [1.54, 1.807) is 18.2 Å². The van der Waals surface area contributed by atoms with Gasteiger partial charge in [0.1, 0.15) is 5.75 Å². The molecule has 24 heavy (non-hydrogen) atoms. The Labute approximate surface area is 148 Å². The Bertz CT molecular complexity index is 778. The molecule has 2 amide bonds. The number of halogens is 1. The van der Waals surface area contributed by atoms with Gasteiger partial charge in [0.05, 0.1) is 4.47 Å². The van der Waals surface area contributed by atoms with Gasteiger partial charge in [-0.3, -0.25) is 15.0 Å². The summed E-state index contributed by atoms with van der Waals surface area (Å²) < 4.78 is 6.04. The van der Waals surface area contributed by atoms with Gasteiger partial charge in [0.15, 0.2) is 6.61 Å². The first kappa shape index (κ1) is 18.0. The molecule has 0 aliphatic carbocycles. The molecular weight excluding hydrogens is 374 g/mol. The number of nitrogens with two attached hydrogens (primary N) is 1. The maximum Gasteiger partial charge on any atom is 0.265 e. The number of hydrazine groups is 1. The molecule has 4 N–H and O–H groups in total. The SMILES string of the molecule is Cc1ccc(NC(=O)COc2ccc(C(=O)NN)cc2Br)c(C)c1. The second-order valence-electron chi connectivity index (χ2n) is 5.27. The van der Waals surface area contributed by atoms with E-state index in [9.17, 15) is 9.59 Å². The van der Waals surface area contributed by atoms with Crippen molar-refractivity contribution in [3.8, 4) is 5.75 Å². The second kappa shape index (κ2) is 7.94. The third-order valence-corrected chi connectivity index (χ3v) is 3.96. The van der Waals surface area contributed by atoms with Crippen LogP contribution in [0.25, 0.3) is 0 Å². The molecule has 6 nitrogen and oxygen atoms in total. The van der Waals surface area contributed by atoms with Crippen molar-refractivity contribution in [1.29, 1.82) is 0 Å². The lowest BCUT2D eigenvalue weighted by atomic mass is 10.1. The molecule has 0 saturated heterocycles. The Morgan fingerprint density at radius 2 is 1.92 bits per heavy atom. The summed E-state index contributed by atoms with van der Waals surface area (Å²) in [6.45, 7) is 3.78. The molecule has 0 aliphatic rings. The van der Waals surface area contributed by atoms with E-state index in [0.29, 0.717) is 15.8 Å². The summed E-state index contributed by atoms with van der Waals surface area (Å²) in [7, 11) is 0. The van der Waals surface area contributed by atoms with Gasteiger partial charge in [0, 0.05) is 11.3 Å². The van der Waals surface area contributed by atoms with Crippen LogP contribution >= 0.6 is 15.9 Å². The van der Waals surface area contributed by atoms with Crippen LogP contribution in [0.2, 0.25) is 0 Å². The number of aryl methyl sites for hydroxylation is 2. The third-order valence-electron chi connectivity index (χ3n) is 3.34. The fourth-order valence-electron chi connectivity index (χ4n) is 2.13. The number of anilines is 1. The van der Waals surface area contributed by atoms with Crippen molar-refractivity contribution in [2.24, 2.45) is 5.84 Å². The van der Waals surface area contributed by atoms with Crippen LogP contribution in [0.3, 0.4) is 0 Å². The van der Waals surface area contributed by atoms with E-state index < -0.39 is 5.91 Å². The summed E-state index contributed by atoms with van der Waals surface area (Å²) >= 11 is 3.30. The van der Waals surface area contributed by atoms with Crippen LogP contribution in [0.1, 0.15) is 21.5 Å². The summed E-state index contributed by atoms with van der Waals surface area (Å²) in [6.07, 6.45) is 0. The molecule has 0 aromatic heterocycles. The molecule has 0 aliphatic heterocycles. The highest BCUT2D eigenvalue weighted by molar-refractivity contribution is 9.10. The normalized spacial score (nSPS) is 10.2. The number of nitrogens with one attached hydrogen (secondary N) is 2. The minimum atomic E-state index is -0.408. The first-order valence-corrected chi connectivity index (χ1v) is 8.00. The van der Waals surface area contributed by atoms with Crippen LogP contribution in [0.5, 0.6) is 5.75 Å². The van der Waals surface area contributed by atoms with Crippen LogP contribution in [0, 0.1) is 13.8 Å². The molecule has 0 saturated carbocycles. The topological polar surface area (TPSA) is 93.4 Å². The van der Waals surface area contributed by atoms with Crippen molar-refractivity contribution in [2.45, 2.75) is 13.8 Å². The van der Waals surface area contributed by atoms with Crippen LogP contribution in [-0.4, -0.2) is 18.4 Å². The lowest BCUT2D eigenvalue weighted by Gasteiger charge is -2.11. The summed E-state index contributed by atoms with van der Waals surface area (Å²) in [5.41, 5.74) is 5.31. The number of ether oxygens (including phenoxy) is 1.